The molecule has 0 radical (unpaired) electrons. The molecular formula is C16H23N5O2. The average molecular weight is 317 g/mol. The molecule has 0 spiro atoms. The number of amides is 1. The number of carbonyl (C=O) groups excluding carboxylic acids is 1. The second-order valence-electron chi connectivity index (χ2n) is 6.20. The van der Waals surface area contributed by atoms with Gasteiger partial charge in [-0.1, -0.05) is 12.1 Å². The lowest BCUT2D eigenvalue weighted by atomic mass is 10.2. The van der Waals surface area contributed by atoms with Crippen molar-refractivity contribution in [1.82, 2.24) is 24.8 Å². The van der Waals surface area contributed by atoms with Gasteiger partial charge in [0.1, 0.15) is 0 Å². The molecule has 1 aliphatic heterocycles. The summed E-state index contributed by atoms with van der Waals surface area (Å²) in [6.45, 7) is 6.84. The lowest BCUT2D eigenvalue weighted by molar-refractivity contribution is -0.131. The van der Waals surface area contributed by atoms with Crippen LogP contribution in [-0.2, 0) is 17.6 Å². The Morgan fingerprint density at radius 1 is 1.48 bits per heavy atom. The van der Waals surface area contributed by atoms with E-state index in [2.05, 4.69) is 29.1 Å². The minimum Gasteiger partial charge on any atom is -0.339 e. The van der Waals surface area contributed by atoms with Gasteiger partial charge < -0.3 is 9.42 Å². The monoisotopic (exact) mass is 317 g/mol. The van der Waals surface area contributed by atoms with E-state index in [9.17, 15) is 4.79 Å². The number of aryl methyl sites for hydroxylation is 1. The zero-order valence-corrected chi connectivity index (χ0v) is 13.9. The second-order valence-corrected chi connectivity index (χ2v) is 6.20. The summed E-state index contributed by atoms with van der Waals surface area (Å²) in [5.41, 5.74) is 0.803. The van der Waals surface area contributed by atoms with Gasteiger partial charge in [-0.25, -0.2) is 0 Å². The number of nitrogens with zero attached hydrogens (tertiary/aromatic N) is 5. The minimum absolute atomic E-state index is 0.0706. The van der Waals surface area contributed by atoms with E-state index in [0.717, 1.165) is 25.1 Å². The highest BCUT2D eigenvalue weighted by Crippen LogP contribution is 2.30. The van der Waals surface area contributed by atoms with Crippen molar-refractivity contribution in [3.05, 3.63) is 29.7 Å². The van der Waals surface area contributed by atoms with Gasteiger partial charge in [-0.15, -0.1) is 0 Å². The number of hydrogen-bond acceptors (Lipinski definition) is 5. The summed E-state index contributed by atoms with van der Waals surface area (Å²) >= 11 is 0. The van der Waals surface area contributed by atoms with E-state index in [0.29, 0.717) is 30.6 Å². The van der Waals surface area contributed by atoms with Crippen LogP contribution in [0.5, 0.6) is 0 Å². The number of aromatic nitrogens is 4. The molecule has 0 unspecified atom stereocenters. The van der Waals surface area contributed by atoms with Crippen molar-refractivity contribution < 1.29 is 9.32 Å². The van der Waals surface area contributed by atoms with Crippen molar-refractivity contribution in [2.75, 3.05) is 6.54 Å². The SMILES string of the molecule is CCc1nc([C@H]2CCCN2C(=O)Cc2ccn(C(C)C)n2)no1. The summed E-state index contributed by atoms with van der Waals surface area (Å²) < 4.78 is 7.06. The Labute approximate surface area is 135 Å². The van der Waals surface area contributed by atoms with Gasteiger partial charge in [-0.05, 0) is 32.8 Å². The van der Waals surface area contributed by atoms with Crippen LogP contribution >= 0.6 is 0 Å². The van der Waals surface area contributed by atoms with E-state index >= 15 is 0 Å². The average Bonchev–Trinajstić information content (AvgIpc) is 3.26. The highest BCUT2D eigenvalue weighted by molar-refractivity contribution is 5.79. The van der Waals surface area contributed by atoms with Crippen LogP contribution in [0.15, 0.2) is 16.8 Å². The maximum Gasteiger partial charge on any atom is 0.229 e. The molecule has 124 valence electrons. The molecule has 2 aromatic rings. The van der Waals surface area contributed by atoms with Gasteiger partial charge in [-0.2, -0.15) is 10.1 Å². The molecule has 1 amide bonds. The highest BCUT2D eigenvalue weighted by Gasteiger charge is 2.33. The molecule has 0 saturated carbocycles. The van der Waals surface area contributed by atoms with Gasteiger partial charge in [0.2, 0.25) is 11.8 Å². The zero-order chi connectivity index (χ0) is 16.4. The molecule has 3 heterocycles. The predicted octanol–water partition coefficient (Wildman–Crippen LogP) is 2.32. The van der Waals surface area contributed by atoms with Crippen molar-refractivity contribution in [3.8, 4) is 0 Å². The van der Waals surface area contributed by atoms with Gasteiger partial charge in [-0.3, -0.25) is 9.48 Å². The molecule has 3 rings (SSSR count). The van der Waals surface area contributed by atoms with Crippen LogP contribution in [0.2, 0.25) is 0 Å². The quantitative estimate of drug-likeness (QED) is 0.845. The molecule has 1 fully saturated rings. The molecule has 1 saturated heterocycles. The smallest absolute Gasteiger partial charge is 0.229 e. The van der Waals surface area contributed by atoms with Crippen LogP contribution in [0, 0.1) is 0 Å². The summed E-state index contributed by atoms with van der Waals surface area (Å²) in [7, 11) is 0. The third-order valence-corrected chi connectivity index (χ3v) is 4.18. The number of rotatable bonds is 5. The Hall–Kier alpha value is -2.18. The topological polar surface area (TPSA) is 77.1 Å². The number of likely N-dealkylation sites (tertiary alicyclic amines) is 1. The third-order valence-electron chi connectivity index (χ3n) is 4.18. The molecule has 2 aromatic heterocycles. The first-order valence-electron chi connectivity index (χ1n) is 8.24. The van der Waals surface area contributed by atoms with Gasteiger partial charge in [0.25, 0.3) is 0 Å². The molecular weight excluding hydrogens is 294 g/mol. The first kappa shape index (κ1) is 15.7. The molecule has 0 bridgehead atoms. The van der Waals surface area contributed by atoms with E-state index < -0.39 is 0 Å². The molecule has 1 aliphatic rings. The molecule has 7 nitrogen and oxygen atoms in total. The Balaban J connectivity index is 1.70. The first-order valence-corrected chi connectivity index (χ1v) is 8.24. The summed E-state index contributed by atoms with van der Waals surface area (Å²) in [5, 5.41) is 8.49. The van der Waals surface area contributed by atoms with Crippen molar-refractivity contribution >= 4 is 5.91 Å². The van der Waals surface area contributed by atoms with E-state index in [1.807, 2.05) is 28.8 Å². The third kappa shape index (κ3) is 3.28. The summed E-state index contributed by atoms with van der Waals surface area (Å²) in [5.74, 6) is 1.32. The number of carbonyl (C=O) groups is 1. The van der Waals surface area contributed by atoms with Crippen LogP contribution in [-0.4, -0.2) is 37.3 Å². The molecule has 23 heavy (non-hydrogen) atoms. The summed E-state index contributed by atoms with van der Waals surface area (Å²) in [4.78, 5) is 18.9. The van der Waals surface area contributed by atoms with Crippen molar-refractivity contribution in [2.24, 2.45) is 0 Å². The summed E-state index contributed by atoms with van der Waals surface area (Å²) in [6.07, 6.45) is 4.79. The largest absolute Gasteiger partial charge is 0.339 e. The fourth-order valence-corrected chi connectivity index (χ4v) is 2.90. The molecule has 0 aliphatic carbocycles. The van der Waals surface area contributed by atoms with Crippen LogP contribution in [0.1, 0.15) is 63.1 Å². The van der Waals surface area contributed by atoms with E-state index in [-0.39, 0.29) is 11.9 Å². The first-order chi connectivity index (χ1) is 11.1. The molecule has 7 heteroatoms. The minimum atomic E-state index is -0.0706. The Bertz CT molecular complexity index is 676. The van der Waals surface area contributed by atoms with Crippen molar-refractivity contribution in [2.45, 2.75) is 58.5 Å². The fraction of sp³-hybridized carbons (Fsp3) is 0.625. The number of hydrogen-bond donors (Lipinski definition) is 0. The Morgan fingerprint density at radius 2 is 2.30 bits per heavy atom. The summed E-state index contributed by atoms with van der Waals surface area (Å²) in [6, 6.07) is 2.14. The van der Waals surface area contributed by atoms with Gasteiger partial charge in [0, 0.05) is 25.2 Å². The maximum absolute atomic E-state index is 12.6. The lowest BCUT2D eigenvalue weighted by Gasteiger charge is -2.21. The second kappa shape index (κ2) is 6.52. The van der Waals surface area contributed by atoms with Crippen LogP contribution < -0.4 is 0 Å². The van der Waals surface area contributed by atoms with Crippen molar-refractivity contribution in [1.29, 1.82) is 0 Å². The molecule has 0 aromatic carbocycles. The molecule has 0 N–H and O–H groups in total. The van der Waals surface area contributed by atoms with Crippen LogP contribution in [0.3, 0.4) is 0 Å². The van der Waals surface area contributed by atoms with Crippen molar-refractivity contribution in [3.63, 3.8) is 0 Å². The van der Waals surface area contributed by atoms with Crippen LogP contribution in [0.25, 0.3) is 0 Å². The lowest BCUT2D eigenvalue weighted by Crippen LogP contribution is -2.32. The van der Waals surface area contributed by atoms with E-state index in [4.69, 9.17) is 4.52 Å². The molecule has 1 atom stereocenters. The maximum atomic E-state index is 12.6. The Kier molecular flexibility index (Phi) is 4.45. The Morgan fingerprint density at radius 3 is 2.96 bits per heavy atom. The fourth-order valence-electron chi connectivity index (χ4n) is 2.90. The van der Waals surface area contributed by atoms with Gasteiger partial charge in [0.15, 0.2) is 5.82 Å². The van der Waals surface area contributed by atoms with Gasteiger partial charge >= 0.3 is 0 Å². The normalized spacial score (nSPS) is 18.1. The van der Waals surface area contributed by atoms with Crippen LogP contribution in [0.4, 0.5) is 0 Å². The van der Waals surface area contributed by atoms with E-state index in [1.54, 1.807) is 0 Å². The van der Waals surface area contributed by atoms with Gasteiger partial charge in [0.05, 0.1) is 18.2 Å². The van der Waals surface area contributed by atoms with E-state index in [1.165, 1.54) is 0 Å². The highest BCUT2D eigenvalue weighted by atomic mass is 16.5. The zero-order valence-electron chi connectivity index (χ0n) is 13.9. The standard InChI is InChI=1S/C16H23N5O2/c1-4-14-17-16(19-23-14)13-6-5-8-20(13)15(22)10-12-7-9-21(18-12)11(2)3/h7,9,11,13H,4-6,8,10H2,1-3H3/t13-/m1/s1. The predicted molar refractivity (Wildman–Crippen MR) is 83.7 cm³/mol.